The molecule has 0 saturated carbocycles. The lowest BCUT2D eigenvalue weighted by Crippen LogP contribution is -2.06. The monoisotopic (exact) mass is 296 g/mol. The highest BCUT2D eigenvalue weighted by Gasteiger charge is 2.08. The van der Waals surface area contributed by atoms with Crippen molar-refractivity contribution in [2.75, 3.05) is 5.75 Å². The van der Waals surface area contributed by atoms with E-state index >= 15 is 0 Å². The van der Waals surface area contributed by atoms with Gasteiger partial charge in [0, 0.05) is 11.3 Å². The Morgan fingerprint density at radius 3 is 2.50 bits per heavy atom. The number of carbonyl (C=O) groups is 1. The number of benzene rings is 2. The Balaban J connectivity index is 1.91. The zero-order valence-corrected chi connectivity index (χ0v) is 11.2. The number of thioether (sulfide) groups is 1. The van der Waals surface area contributed by atoms with Crippen molar-refractivity contribution in [3.8, 4) is 0 Å². The smallest absolute Gasteiger partial charge is 0.159 e. The van der Waals surface area contributed by atoms with E-state index in [1.807, 2.05) is 0 Å². The van der Waals surface area contributed by atoms with Crippen LogP contribution in [0, 0.1) is 17.5 Å². The lowest BCUT2D eigenvalue weighted by Gasteiger charge is -2.03. The highest BCUT2D eigenvalue weighted by molar-refractivity contribution is 8.00. The van der Waals surface area contributed by atoms with E-state index in [9.17, 15) is 18.0 Å². The predicted octanol–water partition coefficient (Wildman–Crippen LogP) is 4.01. The molecule has 0 fully saturated rings. The molecule has 20 heavy (non-hydrogen) atoms. The Morgan fingerprint density at radius 1 is 1.00 bits per heavy atom. The minimum Gasteiger partial charge on any atom is -0.298 e. The molecule has 0 aliphatic heterocycles. The van der Waals surface area contributed by atoms with Crippen molar-refractivity contribution < 1.29 is 18.0 Å². The average Bonchev–Trinajstić information content (AvgIpc) is 2.41. The van der Waals surface area contributed by atoms with Crippen molar-refractivity contribution in [1.29, 1.82) is 0 Å². The maximum absolute atomic E-state index is 13.0. The number of rotatable bonds is 5. The summed E-state index contributed by atoms with van der Waals surface area (Å²) in [6.45, 7) is 0. The predicted molar refractivity (Wildman–Crippen MR) is 72.2 cm³/mol. The lowest BCUT2D eigenvalue weighted by molar-refractivity contribution is -0.116. The molecule has 0 N–H and O–H groups in total. The van der Waals surface area contributed by atoms with Crippen LogP contribution in [0.15, 0.2) is 47.4 Å². The van der Waals surface area contributed by atoms with Gasteiger partial charge >= 0.3 is 0 Å². The van der Waals surface area contributed by atoms with Gasteiger partial charge in [0.2, 0.25) is 0 Å². The third-order valence-electron chi connectivity index (χ3n) is 2.58. The summed E-state index contributed by atoms with van der Waals surface area (Å²) in [4.78, 5) is 12.4. The fourth-order valence-electron chi connectivity index (χ4n) is 1.65. The normalized spacial score (nSPS) is 10.6. The molecule has 0 aliphatic rings. The van der Waals surface area contributed by atoms with Gasteiger partial charge in [-0.1, -0.05) is 12.1 Å². The zero-order valence-electron chi connectivity index (χ0n) is 10.4. The summed E-state index contributed by atoms with van der Waals surface area (Å²) in [6, 6.07) is 9.33. The number of Topliss-reactive ketones (excluding diaryl/α,β-unsaturated/α-hetero) is 1. The van der Waals surface area contributed by atoms with Gasteiger partial charge in [-0.05, 0) is 35.9 Å². The van der Waals surface area contributed by atoms with E-state index in [2.05, 4.69) is 0 Å². The summed E-state index contributed by atoms with van der Waals surface area (Å²) < 4.78 is 38.7. The summed E-state index contributed by atoms with van der Waals surface area (Å²) in [7, 11) is 0. The molecule has 0 amide bonds. The molecule has 2 rings (SSSR count). The second-order valence-corrected chi connectivity index (χ2v) is 5.26. The summed E-state index contributed by atoms with van der Waals surface area (Å²) in [5.41, 5.74) is 0.425. The number of carbonyl (C=O) groups excluding carboxylic acids is 1. The summed E-state index contributed by atoms with van der Waals surface area (Å²) in [5, 5.41) is 0. The SMILES string of the molecule is O=C(CSc1cccc(F)c1)Cc1ccc(F)c(F)c1. The van der Waals surface area contributed by atoms with Gasteiger partial charge in [-0.2, -0.15) is 0 Å². The number of halogens is 3. The van der Waals surface area contributed by atoms with Gasteiger partial charge < -0.3 is 0 Å². The largest absolute Gasteiger partial charge is 0.298 e. The van der Waals surface area contributed by atoms with Crippen molar-refractivity contribution in [1.82, 2.24) is 0 Å². The molecular weight excluding hydrogens is 285 g/mol. The second-order valence-electron chi connectivity index (χ2n) is 4.21. The third-order valence-corrected chi connectivity index (χ3v) is 3.63. The summed E-state index contributed by atoms with van der Waals surface area (Å²) in [5.74, 6) is -2.24. The molecule has 104 valence electrons. The highest BCUT2D eigenvalue weighted by atomic mass is 32.2. The van der Waals surface area contributed by atoms with Crippen LogP contribution in [0.2, 0.25) is 0 Å². The van der Waals surface area contributed by atoms with E-state index in [4.69, 9.17) is 0 Å². The molecular formula is C15H11F3OS. The molecule has 0 saturated heterocycles. The van der Waals surface area contributed by atoms with Crippen molar-refractivity contribution in [2.24, 2.45) is 0 Å². The number of ketones is 1. The number of hydrogen-bond acceptors (Lipinski definition) is 2. The Kier molecular flexibility index (Phi) is 4.84. The minimum atomic E-state index is -0.965. The van der Waals surface area contributed by atoms with Crippen molar-refractivity contribution in [3.63, 3.8) is 0 Å². The lowest BCUT2D eigenvalue weighted by atomic mass is 10.1. The Labute approximate surface area is 118 Å². The van der Waals surface area contributed by atoms with Crippen LogP contribution >= 0.6 is 11.8 Å². The Bertz CT molecular complexity index is 628. The zero-order chi connectivity index (χ0) is 14.5. The molecule has 2 aromatic rings. The van der Waals surface area contributed by atoms with Crippen molar-refractivity contribution in [2.45, 2.75) is 11.3 Å². The van der Waals surface area contributed by atoms with Gasteiger partial charge in [-0.25, -0.2) is 13.2 Å². The van der Waals surface area contributed by atoms with Gasteiger partial charge in [-0.3, -0.25) is 4.79 Å². The molecule has 0 bridgehead atoms. The molecule has 0 aromatic heterocycles. The highest BCUT2D eigenvalue weighted by Crippen LogP contribution is 2.19. The molecule has 0 spiro atoms. The van der Waals surface area contributed by atoms with Gasteiger partial charge in [0.15, 0.2) is 11.6 Å². The van der Waals surface area contributed by atoms with Crippen LogP contribution in [-0.4, -0.2) is 11.5 Å². The van der Waals surface area contributed by atoms with Crippen LogP contribution in [0.3, 0.4) is 0 Å². The van der Waals surface area contributed by atoms with Gasteiger partial charge in [0.25, 0.3) is 0 Å². The maximum atomic E-state index is 13.0. The third kappa shape index (κ3) is 4.13. The van der Waals surface area contributed by atoms with Crippen LogP contribution in [0.25, 0.3) is 0 Å². The topological polar surface area (TPSA) is 17.1 Å². The van der Waals surface area contributed by atoms with Crippen LogP contribution in [0.5, 0.6) is 0 Å². The Hall–Kier alpha value is -1.75. The van der Waals surface area contributed by atoms with E-state index in [0.717, 1.165) is 12.1 Å². The van der Waals surface area contributed by atoms with Crippen LogP contribution in [0.4, 0.5) is 13.2 Å². The average molecular weight is 296 g/mol. The first-order valence-electron chi connectivity index (χ1n) is 5.88. The molecule has 5 heteroatoms. The molecule has 0 heterocycles. The van der Waals surface area contributed by atoms with E-state index in [1.165, 1.54) is 30.0 Å². The van der Waals surface area contributed by atoms with Crippen LogP contribution in [0.1, 0.15) is 5.56 Å². The van der Waals surface area contributed by atoms with Crippen LogP contribution in [-0.2, 0) is 11.2 Å². The maximum Gasteiger partial charge on any atom is 0.159 e. The molecule has 0 unspecified atom stereocenters. The van der Waals surface area contributed by atoms with E-state index in [-0.39, 0.29) is 23.8 Å². The first-order valence-corrected chi connectivity index (χ1v) is 6.87. The first-order chi connectivity index (χ1) is 9.54. The van der Waals surface area contributed by atoms with Gasteiger partial charge in [0.05, 0.1) is 5.75 Å². The fraction of sp³-hybridized carbons (Fsp3) is 0.133. The first kappa shape index (κ1) is 14.7. The van der Waals surface area contributed by atoms with Crippen molar-refractivity contribution >= 4 is 17.5 Å². The van der Waals surface area contributed by atoms with E-state index < -0.39 is 11.6 Å². The quantitative estimate of drug-likeness (QED) is 0.776. The van der Waals surface area contributed by atoms with Gasteiger partial charge in [-0.15, -0.1) is 11.8 Å². The molecule has 2 aromatic carbocycles. The van der Waals surface area contributed by atoms with Crippen LogP contribution < -0.4 is 0 Å². The summed E-state index contributed by atoms with van der Waals surface area (Å²) in [6.07, 6.45) is 0.0273. The van der Waals surface area contributed by atoms with Crippen molar-refractivity contribution in [3.05, 3.63) is 65.5 Å². The minimum absolute atomic E-state index is 0.0273. The van der Waals surface area contributed by atoms with E-state index in [1.54, 1.807) is 12.1 Å². The fourth-order valence-corrected chi connectivity index (χ4v) is 2.45. The molecule has 0 radical (unpaired) electrons. The molecule has 0 atom stereocenters. The van der Waals surface area contributed by atoms with E-state index in [0.29, 0.717) is 10.5 Å². The van der Waals surface area contributed by atoms with Gasteiger partial charge in [0.1, 0.15) is 11.6 Å². The summed E-state index contributed by atoms with van der Waals surface area (Å²) >= 11 is 1.21. The Morgan fingerprint density at radius 2 is 1.80 bits per heavy atom. The number of hydrogen-bond donors (Lipinski definition) is 0. The molecule has 1 nitrogen and oxygen atoms in total. The standard InChI is InChI=1S/C15H11F3OS/c16-11-2-1-3-13(8-11)20-9-12(19)6-10-4-5-14(17)15(18)7-10/h1-5,7-8H,6,9H2. The second kappa shape index (κ2) is 6.61. The molecule has 0 aliphatic carbocycles.